The number of benzene rings is 1. The van der Waals surface area contributed by atoms with Crippen LogP contribution < -0.4 is 0 Å². The highest BCUT2D eigenvalue weighted by Gasteiger charge is 2.32. The maximum atomic E-state index is 13.4. The Balaban J connectivity index is 3.20. The Morgan fingerprint density at radius 3 is 2.28 bits per heavy atom. The molecule has 0 unspecified atom stereocenters. The predicted molar refractivity (Wildman–Crippen MR) is 58.6 cm³/mol. The van der Waals surface area contributed by atoms with E-state index in [1.165, 1.54) is 11.9 Å². The Kier molecular flexibility index (Phi) is 3.98. The third-order valence-corrected chi connectivity index (χ3v) is 2.62. The third kappa shape index (κ3) is 3.00. The van der Waals surface area contributed by atoms with Gasteiger partial charge >= 0.3 is 6.18 Å². The Bertz CT molecular complexity index is 454. The molecule has 0 atom stereocenters. The molecule has 100 valence electrons. The second-order valence-electron chi connectivity index (χ2n) is 4.20. The molecule has 1 aromatic rings. The van der Waals surface area contributed by atoms with Crippen LogP contribution in [0.4, 0.5) is 17.6 Å². The van der Waals surface area contributed by atoms with E-state index in [1.807, 2.05) is 0 Å². The van der Waals surface area contributed by atoms with Crippen LogP contribution in [-0.4, -0.2) is 23.9 Å². The zero-order valence-electron chi connectivity index (χ0n) is 10.2. The number of carbonyl (C=O) groups is 1. The van der Waals surface area contributed by atoms with Crippen LogP contribution in [0.15, 0.2) is 18.2 Å². The van der Waals surface area contributed by atoms with Crippen molar-refractivity contribution in [1.82, 2.24) is 4.90 Å². The van der Waals surface area contributed by atoms with Crippen LogP contribution >= 0.6 is 0 Å². The summed E-state index contributed by atoms with van der Waals surface area (Å²) in [7, 11) is 1.41. The lowest BCUT2D eigenvalue weighted by molar-refractivity contribution is -0.137. The zero-order chi connectivity index (χ0) is 14.1. The van der Waals surface area contributed by atoms with Crippen LogP contribution in [0.5, 0.6) is 0 Å². The predicted octanol–water partition coefficient (Wildman–Crippen LogP) is 3.32. The molecular weight excluding hydrogens is 250 g/mol. The fourth-order valence-corrected chi connectivity index (χ4v) is 1.29. The molecule has 0 fully saturated rings. The van der Waals surface area contributed by atoms with Crippen molar-refractivity contribution in [3.05, 3.63) is 35.1 Å². The summed E-state index contributed by atoms with van der Waals surface area (Å²) in [6.07, 6.45) is -4.60. The SMILES string of the molecule is CC(C)N(C)C(=O)c1cc(C(F)(F)F)ccc1F. The summed E-state index contributed by atoms with van der Waals surface area (Å²) < 4.78 is 50.8. The standard InChI is InChI=1S/C12H13F4NO/c1-7(2)17(3)11(18)9-6-8(12(14,15)16)4-5-10(9)13/h4-7H,1-3H3. The van der Waals surface area contributed by atoms with E-state index >= 15 is 0 Å². The van der Waals surface area contributed by atoms with Gasteiger partial charge in [0.2, 0.25) is 0 Å². The molecule has 0 aliphatic carbocycles. The second kappa shape index (κ2) is 4.96. The van der Waals surface area contributed by atoms with Gasteiger partial charge in [-0.25, -0.2) is 4.39 Å². The molecule has 1 rings (SSSR count). The number of amides is 1. The van der Waals surface area contributed by atoms with Crippen molar-refractivity contribution in [3.8, 4) is 0 Å². The van der Waals surface area contributed by atoms with Gasteiger partial charge in [-0.2, -0.15) is 13.2 Å². The molecule has 6 heteroatoms. The zero-order valence-corrected chi connectivity index (χ0v) is 10.2. The lowest BCUT2D eigenvalue weighted by Crippen LogP contribution is -2.33. The Morgan fingerprint density at radius 1 is 1.28 bits per heavy atom. The van der Waals surface area contributed by atoms with Crippen LogP contribution in [0.25, 0.3) is 0 Å². The molecule has 1 amide bonds. The van der Waals surface area contributed by atoms with E-state index in [1.54, 1.807) is 13.8 Å². The van der Waals surface area contributed by atoms with E-state index < -0.39 is 29.0 Å². The first kappa shape index (κ1) is 14.5. The fourth-order valence-electron chi connectivity index (χ4n) is 1.29. The molecule has 18 heavy (non-hydrogen) atoms. The minimum absolute atomic E-state index is 0.230. The highest BCUT2D eigenvalue weighted by molar-refractivity contribution is 5.94. The van der Waals surface area contributed by atoms with Crippen molar-refractivity contribution in [2.24, 2.45) is 0 Å². The molecule has 0 spiro atoms. The number of carbonyl (C=O) groups excluding carboxylic acids is 1. The van der Waals surface area contributed by atoms with Crippen LogP contribution in [-0.2, 0) is 6.18 Å². The average molecular weight is 263 g/mol. The quantitative estimate of drug-likeness (QED) is 0.749. The van der Waals surface area contributed by atoms with Gasteiger partial charge in [-0.1, -0.05) is 0 Å². The summed E-state index contributed by atoms with van der Waals surface area (Å²) >= 11 is 0. The van der Waals surface area contributed by atoms with E-state index in [-0.39, 0.29) is 6.04 Å². The summed E-state index contributed by atoms with van der Waals surface area (Å²) in [6, 6.07) is 1.58. The Hall–Kier alpha value is -1.59. The van der Waals surface area contributed by atoms with Crippen molar-refractivity contribution >= 4 is 5.91 Å². The molecule has 0 saturated carbocycles. The smallest absolute Gasteiger partial charge is 0.339 e. The van der Waals surface area contributed by atoms with Crippen LogP contribution in [0.3, 0.4) is 0 Å². The van der Waals surface area contributed by atoms with E-state index in [0.29, 0.717) is 18.2 Å². The van der Waals surface area contributed by atoms with E-state index in [4.69, 9.17) is 0 Å². The van der Waals surface area contributed by atoms with Crippen molar-refractivity contribution in [2.75, 3.05) is 7.05 Å². The van der Waals surface area contributed by atoms with Gasteiger partial charge in [0.1, 0.15) is 5.82 Å². The van der Waals surface area contributed by atoms with Gasteiger partial charge in [0.05, 0.1) is 11.1 Å². The summed E-state index contributed by atoms with van der Waals surface area (Å²) in [5, 5.41) is 0. The maximum Gasteiger partial charge on any atom is 0.416 e. The lowest BCUT2D eigenvalue weighted by atomic mass is 10.1. The van der Waals surface area contributed by atoms with Crippen molar-refractivity contribution in [2.45, 2.75) is 26.1 Å². The van der Waals surface area contributed by atoms with E-state index in [0.717, 1.165) is 0 Å². The first-order chi connectivity index (χ1) is 8.14. The third-order valence-electron chi connectivity index (χ3n) is 2.62. The van der Waals surface area contributed by atoms with Crippen molar-refractivity contribution in [1.29, 1.82) is 0 Å². The van der Waals surface area contributed by atoms with Crippen LogP contribution in [0, 0.1) is 5.82 Å². The largest absolute Gasteiger partial charge is 0.416 e. The maximum absolute atomic E-state index is 13.4. The normalized spacial score (nSPS) is 11.8. The molecule has 0 heterocycles. The molecule has 0 aliphatic heterocycles. The van der Waals surface area contributed by atoms with Gasteiger partial charge in [-0.05, 0) is 32.0 Å². The Morgan fingerprint density at radius 2 is 1.83 bits per heavy atom. The molecule has 0 saturated heterocycles. The molecule has 2 nitrogen and oxygen atoms in total. The molecular formula is C12H13F4NO. The van der Waals surface area contributed by atoms with Crippen molar-refractivity contribution in [3.63, 3.8) is 0 Å². The molecule has 0 bridgehead atoms. The van der Waals surface area contributed by atoms with Crippen LogP contribution in [0.2, 0.25) is 0 Å². The highest BCUT2D eigenvalue weighted by Crippen LogP contribution is 2.30. The summed E-state index contributed by atoms with van der Waals surface area (Å²) in [5.41, 5.74) is -1.61. The minimum atomic E-state index is -4.60. The van der Waals surface area contributed by atoms with Gasteiger partial charge in [-0.3, -0.25) is 4.79 Å². The molecule has 1 aromatic carbocycles. The van der Waals surface area contributed by atoms with Gasteiger partial charge in [0, 0.05) is 13.1 Å². The highest BCUT2D eigenvalue weighted by atomic mass is 19.4. The van der Waals surface area contributed by atoms with Gasteiger partial charge in [0.25, 0.3) is 5.91 Å². The monoisotopic (exact) mass is 263 g/mol. The minimum Gasteiger partial charge on any atom is -0.339 e. The van der Waals surface area contributed by atoms with Gasteiger partial charge in [-0.15, -0.1) is 0 Å². The lowest BCUT2D eigenvalue weighted by Gasteiger charge is -2.22. The topological polar surface area (TPSA) is 20.3 Å². The van der Waals surface area contributed by atoms with Crippen molar-refractivity contribution < 1.29 is 22.4 Å². The molecule has 0 aliphatic rings. The fraction of sp³-hybridized carbons (Fsp3) is 0.417. The van der Waals surface area contributed by atoms with E-state index in [2.05, 4.69) is 0 Å². The van der Waals surface area contributed by atoms with E-state index in [9.17, 15) is 22.4 Å². The average Bonchev–Trinajstić information content (AvgIpc) is 2.26. The number of alkyl halides is 3. The number of hydrogen-bond donors (Lipinski definition) is 0. The summed E-state index contributed by atoms with van der Waals surface area (Å²) in [5.74, 6) is -1.73. The number of nitrogens with zero attached hydrogens (tertiary/aromatic N) is 1. The molecule has 0 radical (unpaired) electrons. The number of hydrogen-bond acceptors (Lipinski definition) is 1. The second-order valence-corrected chi connectivity index (χ2v) is 4.20. The molecule has 0 N–H and O–H groups in total. The first-order valence-electron chi connectivity index (χ1n) is 5.28. The number of halogens is 4. The van der Waals surface area contributed by atoms with Gasteiger partial charge in [0.15, 0.2) is 0 Å². The number of rotatable bonds is 2. The summed E-state index contributed by atoms with van der Waals surface area (Å²) in [4.78, 5) is 13.0. The molecule has 0 aromatic heterocycles. The van der Waals surface area contributed by atoms with Crippen LogP contribution in [0.1, 0.15) is 29.8 Å². The first-order valence-corrected chi connectivity index (χ1v) is 5.28. The van der Waals surface area contributed by atoms with Gasteiger partial charge < -0.3 is 4.90 Å². The Labute approximate surface area is 102 Å². The summed E-state index contributed by atoms with van der Waals surface area (Å²) in [6.45, 7) is 3.37.